The van der Waals surface area contributed by atoms with E-state index in [0.717, 1.165) is 44.9 Å². The van der Waals surface area contributed by atoms with E-state index in [1.807, 2.05) is 0 Å². The molecule has 10 heteroatoms. The van der Waals surface area contributed by atoms with Crippen molar-refractivity contribution < 1.29 is 33.5 Å². The SMILES string of the molecule is CCCC/C=C\CCCCC(O)CC(=O)NC(COP(=O)(O)OCCN)C(O)CCCCCCCCCCCCCCCCCCCCCC. The van der Waals surface area contributed by atoms with E-state index in [0.29, 0.717) is 12.8 Å². The van der Waals surface area contributed by atoms with Gasteiger partial charge in [0.25, 0.3) is 0 Å². The molecule has 0 heterocycles. The van der Waals surface area contributed by atoms with Crippen molar-refractivity contribution in [3.05, 3.63) is 12.2 Å². The van der Waals surface area contributed by atoms with Gasteiger partial charge in [-0.2, -0.15) is 0 Å². The number of aliphatic hydroxyl groups excluding tert-OH is 2. The van der Waals surface area contributed by atoms with Gasteiger partial charge in [-0.1, -0.05) is 174 Å². The molecule has 0 aliphatic rings. The number of aliphatic hydroxyl groups is 2. The number of hydrogen-bond acceptors (Lipinski definition) is 7. The van der Waals surface area contributed by atoms with E-state index in [1.54, 1.807) is 0 Å². The van der Waals surface area contributed by atoms with Crippen LogP contribution in [-0.2, 0) is 18.4 Å². The third kappa shape index (κ3) is 34.3. The molecule has 0 aliphatic heterocycles. The summed E-state index contributed by atoms with van der Waals surface area (Å²) >= 11 is 0. The van der Waals surface area contributed by atoms with Crippen LogP contribution in [-0.4, -0.2) is 59.0 Å². The Morgan fingerprint density at radius 2 is 1.10 bits per heavy atom. The second-order valence-electron chi connectivity index (χ2n) is 14.4. The van der Waals surface area contributed by atoms with Crippen molar-refractivity contribution in [3.8, 4) is 0 Å². The largest absolute Gasteiger partial charge is 0.472 e. The lowest BCUT2D eigenvalue weighted by Gasteiger charge is -2.25. The number of allylic oxidation sites excluding steroid dienone is 2. The molecule has 9 nitrogen and oxygen atoms in total. The van der Waals surface area contributed by atoms with Gasteiger partial charge in [0.15, 0.2) is 0 Å². The van der Waals surface area contributed by atoms with Crippen molar-refractivity contribution in [1.29, 1.82) is 0 Å². The van der Waals surface area contributed by atoms with Gasteiger partial charge in [0.05, 0.1) is 37.9 Å². The van der Waals surface area contributed by atoms with E-state index >= 15 is 0 Å². The third-order valence-corrected chi connectivity index (χ3v) is 10.4. The maximum absolute atomic E-state index is 12.7. The molecular weight excluding hydrogens is 651 g/mol. The van der Waals surface area contributed by atoms with E-state index in [9.17, 15) is 24.5 Å². The Kier molecular flexibility index (Phi) is 36.0. The normalized spacial score (nSPS) is 14.9. The molecule has 0 spiro atoms. The van der Waals surface area contributed by atoms with Gasteiger partial charge in [0.2, 0.25) is 5.91 Å². The summed E-state index contributed by atoms with van der Waals surface area (Å²) < 4.78 is 22.1. The van der Waals surface area contributed by atoms with Gasteiger partial charge in [-0.05, 0) is 32.1 Å². The highest BCUT2D eigenvalue weighted by Crippen LogP contribution is 2.43. The van der Waals surface area contributed by atoms with Gasteiger partial charge in [-0.25, -0.2) is 4.57 Å². The zero-order valence-electron chi connectivity index (χ0n) is 32.5. The molecule has 1 amide bonds. The molecule has 0 fully saturated rings. The molecule has 0 aromatic carbocycles. The van der Waals surface area contributed by atoms with Crippen LogP contribution in [0.5, 0.6) is 0 Å². The first kappa shape index (κ1) is 49.2. The number of phosphoric acid groups is 1. The predicted octanol–water partition coefficient (Wildman–Crippen LogP) is 10.2. The number of rotatable bonds is 39. The number of nitrogens with two attached hydrogens (primary N) is 1. The fourth-order valence-electron chi connectivity index (χ4n) is 6.22. The summed E-state index contributed by atoms with van der Waals surface area (Å²) in [6.45, 7) is 3.98. The van der Waals surface area contributed by atoms with E-state index in [-0.39, 0.29) is 26.2 Å². The Morgan fingerprint density at radius 3 is 1.58 bits per heavy atom. The number of carbonyl (C=O) groups excluding carboxylic acids is 1. The second kappa shape index (κ2) is 36.6. The molecule has 6 N–H and O–H groups in total. The number of nitrogens with one attached hydrogen (secondary N) is 1. The summed E-state index contributed by atoms with van der Waals surface area (Å²) in [6.07, 6.45) is 35.6. The quantitative estimate of drug-likeness (QED) is 0.0238. The van der Waals surface area contributed by atoms with Crippen LogP contribution in [0.2, 0.25) is 0 Å². The monoisotopic (exact) mass is 733 g/mol. The van der Waals surface area contributed by atoms with Crippen LogP contribution in [0.15, 0.2) is 12.2 Å². The minimum atomic E-state index is -4.37. The maximum Gasteiger partial charge on any atom is 0.472 e. The van der Waals surface area contributed by atoms with E-state index < -0.39 is 32.0 Å². The van der Waals surface area contributed by atoms with Crippen LogP contribution in [0.3, 0.4) is 0 Å². The third-order valence-electron chi connectivity index (χ3n) is 9.42. The van der Waals surface area contributed by atoms with Gasteiger partial charge >= 0.3 is 7.82 Å². The Hall–Kier alpha value is -0.800. The summed E-state index contributed by atoms with van der Waals surface area (Å²) in [6, 6.07) is -0.898. The van der Waals surface area contributed by atoms with Crippen LogP contribution in [0.25, 0.3) is 0 Å². The first-order valence-corrected chi connectivity index (χ1v) is 22.4. The van der Waals surface area contributed by atoms with Crippen molar-refractivity contribution in [2.75, 3.05) is 19.8 Å². The van der Waals surface area contributed by atoms with Crippen LogP contribution >= 0.6 is 7.82 Å². The molecule has 0 aromatic heterocycles. The first-order valence-electron chi connectivity index (χ1n) is 20.9. The van der Waals surface area contributed by atoms with Gasteiger partial charge in [-0.15, -0.1) is 0 Å². The average Bonchev–Trinajstić information content (AvgIpc) is 3.09. The van der Waals surface area contributed by atoms with Crippen LogP contribution in [0.4, 0.5) is 0 Å². The molecule has 4 unspecified atom stereocenters. The van der Waals surface area contributed by atoms with Crippen LogP contribution < -0.4 is 11.1 Å². The highest BCUT2D eigenvalue weighted by Gasteiger charge is 2.28. The maximum atomic E-state index is 12.7. The van der Waals surface area contributed by atoms with Crippen LogP contribution in [0.1, 0.15) is 200 Å². The lowest BCUT2D eigenvalue weighted by Crippen LogP contribution is -2.47. The highest BCUT2D eigenvalue weighted by molar-refractivity contribution is 7.47. The standard InChI is InChI=1S/C40H81N2O7P/c1-3-5-7-9-11-13-14-15-16-17-18-19-20-21-22-23-24-26-28-30-32-39(44)38(36-49-50(46,47)48-34-33-41)42-40(45)35-37(43)31-29-27-25-12-10-8-6-4-2/h10,12,37-39,43-44H,3-9,11,13-36,41H2,1-2H3,(H,42,45)(H,46,47)/b12-10-. The van der Waals surface area contributed by atoms with E-state index in [1.165, 1.54) is 122 Å². The highest BCUT2D eigenvalue weighted by atomic mass is 31.2. The van der Waals surface area contributed by atoms with Crippen molar-refractivity contribution in [1.82, 2.24) is 5.32 Å². The number of hydrogen-bond donors (Lipinski definition) is 5. The molecule has 4 atom stereocenters. The Labute approximate surface area is 307 Å². The summed E-state index contributed by atoms with van der Waals surface area (Å²) in [5, 5.41) is 24.0. The summed E-state index contributed by atoms with van der Waals surface area (Å²) in [5.74, 6) is -0.427. The predicted molar refractivity (Wildman–Crippen MR) is 209 cm³/mol. The van der Waals surface area contributed by atoms with Gasteiger partial charge in [-0.3, -0.25) is 13.8 Å². The molecule has 0 bridgehead atoms. The van der Waals surface area contributed by atoms with Gasteiger partial charge in [0, 0.05) is 6.54 Å². The molecule has 50 heavy (non-hydrogen) atoms. The lowest BCUT2D eigenvalue weighted by molar-refractivity contribution is -0.125. The fraction of sp³-hybridized carbons (Fsp3) is 0.925. The fourth-order valence-corrected chi connectivity index (χ4v) is 6.98. The van der Waals surface area contributed by atoms with Crippen molar-refractivity contribution in [2.45, 2.75) is 218 Å². The molecule has 298 valence electrons. The van der Waals surface area contributed by atoms with E-state index in [4.69, 9.17) is 14.8 Å². The molecule has 0 rings (SSSR count). The minimum absolute atomic E-state index is 0.0587. The lowest BCUT2D eigenvalue weighted by atomic mass is 10.0. The average molecular weight is 733 g/mol. The Balaban J connectivity index is 4.20. The van der Waals surface area contributed by atoms with Crippen molar-refractivity contribution in [3.63, 3.8) is 0 Å². The van der Waals surface area contributed by atoms with Crippen molar-refractivity contribution >= 4 is 13.7 Å². The number of unbranched alkanes of at least 4 members (excludes halogenated alkanes) is 23. The second-order valence-corrected chi connectivity index (χ2v) is 15.8. The molecule has 0 radical (unpaired) electrons. The molecule has 0 aliphatic carbocycles. The zero-order chi connectivity index (χ0) is 37.0. The van der Waals surface area contributed by atoms with Gasteiger partial charge < -0.3 is 26.2 Å². The Bertz CT molecular complexity index is 817. The van der Waals surface area contributed by atoms with Crippen LogP contribution in [0, 0.1) is 0 Å². The topological polar surface area (TPSA) is 151 Å². The Morgan fingerprint density at radius 1 is 0.660 bits per heavy atom. The minimum Gasteiger partial charge on any atom is -0.393 e. The van der Waals surface area contributed by atoms with Gasteiger partial charge in [0.1, 0.15) is 0 Å². The zero-order valence-corrected chi connectivity index (χ0v) is 33.4. The summed E-state index contributed by atoms with van der Waals surface area (Å²) in [4.78, 5) is 22.7. The summed E-state index contributed by atoms with van der Waals surface area (Å²) in [5.41, 5.74) is 5.35. The van der Waals surface area contributed by atoms with Crippen molar-refractivity contribution in [2.24, 2.45) is 5.73 Å². The summed E-state index contributed by atoms with van der Waals surface area (Å²) in [7, 11) is -4.37. The van der Waals surface area contributed by atoms with E-state index in [2.05, 4.69) is 31.3 Å². The molecule has 0 saturated carbocycles. The molecular formula is C40H81N2O7P. The number of carbonyl (C=O) groups is 1. The smallest absolute Gasteiger partial charge is 0.393 e. The number of amides is 1. The first-order chi connectivity index (χ1) is 24.3. The molecule has 0 saturated heterocycles. The number of phosphoric ester groups is 1. The molecule has 0 aromatic rings.